The predicted molar refractivity (Wildman–Crippen MR) is 43.1 cm³/mol. The number of hydrogen-bond acceptors (Lipinski definition) is 2. The Morgan fingerprint density at radius 1 is 1.50 bits per heavy atom. The zero-order chi connectivity index (χ0) is 9.78. The molecule has 4 heteroatoms. The maximum absolute atomic E-state index is 12.8. The molecule has 0 aromatic heterocycles. The average molecular weight is 179 g/mol. The van der Waals surface area contributed by atoms with Crippen molar-refractivity contribution in [3.05, 3.63) is 0 Å². The van der Waals surface area contributed by atoms with Crippen LogP contribution in [0.1, 0.15) is 27.2 Å². The van der Waals surface area contributed by atoms with Gasteiger partial charge in [-0.05, 0) is 0 Å². The van der Waals surface area contributed by atoms with E-state index >= 15 is 0 Å². The van der Waals surface area contributed by atoms with Crippen LogP contribution < -0.4 is 5.32 Å². The lowest BCUT2D eigenvalue weighted by molar-refractivity contribution is -0.123. The van der Waals surface area contributed by atoms with Crippen LogP contribution in [0.2, 0.25) is 0 Å². The summed E-state index contributed by atoms with van der Waals surface area (Å²) in [4.78, 5) is 10.7. The zero-order valence-corrected chi connectivity index (χ0v) is 7.66. The highest BCUT2D eigenvalue weighted by Gasteiger charge is 2.32. The van der Waals surface area contributed by atoms with Gasteiger partial charge in [-0.15, -0.1) is 0 Å². The van der Waals surface area contributed by atoms with Crippen molar-refractivity contribution in [2.75, 3.05) is 6.54 Å². The average Bonchev–Trinajstić information content (AvgIpc) is 2.00. The number of alkyl halides is 2. The molecule has 0 aliphatic rings. The molecule has 1 N–H and O–H groups in total. The van der Waals surface area contributed by atoms with Gasteiger partial charge in [-0.3, -0.25) is 10.1 Å². The topological polar surface area (TPSA) is 29.1 Å². The van der Waals surface area contributed by atoms with Crippen LogP contribution in [0.4, 0.5) is 8.78 Å². The largest absolute Gasteiger partial charge is 0.305 e. The molecule has 0 saturated carbocycles. The molecule has 2 nitrogen and oxygen atoms in total. The highest BCUT2D eigenvalue weighted by Crippen LogP contribution is 2.19. The monoisotopic (exact) mass is 179 g/mol. The third-order valence-corrected chi connectivity index (χ3v) is 1.64. The van der Waals surface area contributed by atoms with Gasteiger partial charge >= 0.3 is 6.05 Å². The normalized spacial score (nSPS) is 12.2. The molecule has 0 aromatic carbocycles. The highest BCUT2D eigenvalue weighted by atomic mass is 19.3. The first kappa shape index (κ1) is 11.5. The third-order valence-electron chi connectivity index (χ3n) is 1.64. The first-order chi connectivity index (χ1) is 5.40. The van der Waals surface area contributed by atoms with Gasteiger partial charge in [0.25, 0.3) is 0 Å². The van der Waals surface area contributed by atoms with Crippen LogP contribution in [0.3, 0.4) is 0 Å². The lowest BCUT2D eigenvalue weighted by atomic mass is 10.2. The van der Waals surface area contributed by atoms with Gasteiger partial charge in [0, 0.05) is 12.3 Å². The Morgan fingerprint density at radius 3 is 2.33 bits per heavy atom. The standard InChI is InChI=1S/C8H15F2NO/c1-4-7(12)5-11-8(9,10)6(2)3/h6,11H,4-5H2,1-3H3. The van der Waals surface area contributed by atoms with Crippen molar-refractivity contribution >= 4 is 5.78 Å². The maximum Gasteiger partial charge on any atom is 0.305 e. The number of rotatable bonds is 5. The Balaban J connectivity index is 3.83. The van der Waals surface area contributed by atoms with E-state index in [0.29, 0.717) is 6.42 Å². The molecule has 0 amide bonds. The molecular formula is C8H15F2NO. The van der Waals surface area contributed by atoms with E-state index in [4.69, 9.17) is 0 Å². The van der Waals surface area contributed by atoms with Gasteiger partial charge < -0.3 is 0 Å². The van der Waals surface area contributed by atoms with Gasteiger partial charge in [0.1, 0.15) is 5.78 Å². The Morgan fingerprint density at radius 2 is 2.00 bits per heavy atom. The van der Waals surface area contributed by atoms with E-state index in [9.17, 15) is 13.6 Å². The molecule has 0 aromatic rings. The summed E-state index contributed by atoms with van der Waals surface area (Å²) in [5.41, 5.74) is 0. The Hall–Kier alpha value is -0.510. The van der Waals surface area contributed by atoms with Gasteiger partial charge in [-0.25, -0.2) is 0 Å². The van der Waals surface area contributed by atoms with Crippen LogP contribution >= 0.6 is 0 Å². The second-order valence-electron chi connectivity index (χ2n) is 3.02. The number of Topliss-reactive ketones (excluding diaryl/α,β-unsaturated/α-hetero) is 1. The van der Waals surface area contributed by atoms with E-state index < -0.39 is 12.0 Å². The minimum atomic E-state index is -2.94. The number of ketones is 1. The summed E-state index contributed by atoms with van der Waals surface area (Å²) in [6.07, 6.45) is 0.293. The molecule has 0 heterocycles. The molecule has 0 aliphatic carbocycles. The van der Waals surface area contributed by atoms with Crippen molar-refractivity contribution in [1.29, 1.82) is 0 Å². The molecule has 0 fully saturated rings. The van der Waals surface area contributed by atoms with Crippen LogP contribution in [0.25, 0.3) is 0 Å². The van der Waals surface area contributed by atoms with Crippen molar-refractivity contribution in [2.45, 2.75) is 33.2 Å². The summed E-state index contributed by atoms with van der Waals surface area (Å²) in [7, 11) is 0. The third kappa shape index (κ3) is 3.76. The number of hydrogen-bond donors (Lipinski definition) is 1. The molecule has 12 heavy (non-hydrogen) atoms. The first-order valence-electron chi connectivity index (χ1n) is 4.04. The molecule has 0 bridgehead atoms. The van der Waals surface area contributed by atoms with E-state index in [1.807, 2.05) is 5.32 Å². The fourth-order valence-electron chi connectivity index (χ4n) is 0.546. The molecule has 0 radical (unpaired) electrons. The first-order valence-corrected chi connectivity index (χ1v) is 4.04. The summed E-state index contributed by atoms with van der Waals surface area (Å²) < 4.78 is 25.6. The molecule has 0 atom stereocenters. The van der Waals surface area contributed by atoms with Crippen LogP contribution in [-0.2, 0) is 4.79 Å². The fourth-order valence-corrected chi connectivity index (χ4v) is 0.546. The molecule has 0 spiro atoms. The van der Waals surface area contributed by atoms with Gasteiger partial charge in [-0.1, -0.05) is 20.8 Å². The highest BCUT2D eigenvalue weighted by molar-refractivity contribution is 5.80. The summed E-state index contributed by atoms with van der Waals surface area (Å²) in [5, 5.41) is 1.93. The molecule has 0 aliphatic heterocycles. The quantitative estimate of drug-likeness (QED) is 0.652. The molecular weight excluding hydrogens is 164 g/mol. The van der Waals surface area contributed by atoms with Crippen molar-refractivity contribution in [1.82, 2.24) is 5.32 Å². The molecule has 72 valence electrons. The van der Waals surface area contributed by atoms with Crippen LogP contribution in [0.5, 0.6) is 0 Å². The summed E-state index contributed by atoms with van der Waals surface area (Å²) in [5.74, 6) is -0.988. The van der Waals surface area contributed by atoms with E-state index in [-0.39, 0.29) is 12.3 Å². The lowest BCUT2D eigenvalue weighted by Gasteiger charge is -2.20. The van der Waals surface area contributed by atoms with Crippen LogP contribution in [0, 0.1) is 5.92 Å². The summed E-state index contributed by atoms with van der Waals surface area (Å²) in [6, 6.07) is -2.94. The van der Waals surface area contributed by atoms with Crippen molar-refractivity contribution in [2.24, 2.45) is 5.92 Å². The van der Waals surface area contributed by atoms with Crippen molar-refractivity contribution < 1.29 is 13.6 Å². The smallest absolute Gasteiger partial charge is 0.298 e. The predicted octanol–water partition coefficient (Wildman–Crippen LogP) is 1.80. The molecule has 0 rings (SSSR count). The number of halogens is 2. The van der Waals surface area contributed by atoms with E-state index in [2.05, 4.69) is 0 Å². The van der Waals surface area contributed by atoms with Crippen molar-refractivity contribution in [3.63, 3.8) is 0 Å². The Bertz CT molecular complexity index is 157. The van der Waals surface area contributed by atoms with E-state index in [0.717, 1.165) is 0 Å². The van der Waals surface area contributed by atoms with E-state index in [1.54, 1.807) is 6.92 Å². The zero-order valence-electron chi connectivity index (χ0n) is 7.66. The second-order valence-corrected chi connectivity index (χ2v) is 3.02. The minimum absolute atomic E-state index is 0.199. The maximum atomic E-state index is 12.8. The number of nitrogens with one attached hydrogen (secondary N) is 1. The van der Waals surface area contributed by atoms with Crippen LogP contribution in [0.15, 0.2) is 0 Å². The number of carbonyl (C=O) groups is 1. The second kappa shape index (κ2) is 4.50. The lowest BCUT2D eigenvalue weighted by Crippen LogP contribution is -2.43. The van der Waals surface area contributed by atoms with Gasteiger partial charge in [0.2, 0.25) is 0 Å². The summed E-state index contributed by atoms with van der Waals surface area (Å²) >= 11 is 0. The van der Waals surface area contributed by atoms with Crippen LogP contribution in [-0.4, -0.2) is 18.4 Å². The van der Waals surface area contributed by atoms with Gasteiger partial charge in [-0.2, -0.15) is 8.78 Å². The Labute approximate surface area is 71.3 Å². The molecule has 0 unspecified atom stereocenters. The summed E-state index contributed by atoms with van der Waals surface area (Å²) in [6.45, 7) is 4.21. The minimum Gasteiger partial charge on any atom is -0.298 e. The SMILES string of the molecule is CCC(=O)CNC(F)(F)C(C)C. The van der Waals surface area contributed by atoms with E-state index in [1.165, 1.54) is 13.8 Å². The Kier molecular flexibility index (Phi) is 4.31. The van der Waals surface area contributed by atoms with Gasteiger partial charge in [0.05, 0.1) is 6.54 Å². The van der Waals surface area contributed by atoms with Crippen molar-refractivity contribution in [3.8, 4) is 0 Å². The molecule has 0 saturated heterocycles. The number of carbonyl (C=O) groups excluding carboxylic acids is 1. The fraction of sp³-hybridized carbons (Fsp3) is 0.875. The van der Waals surface area contributed by atoms with Gasteiger partial charge in [0.15, 0.2) is 0 Å².